The highest BCUT2D eigenvalue weighted by atomic mass is 16.5. The van der Waals surface area contributed by atoms with Crippen LogP contribution in [-0.2, 0) is 13.1 Å². The molecule has 0 unspecified atom stereocenters. The van der Waals surface area contributed by atoms with Gasteiger partial charge in [-0.25, -0.2) is 4.98 Å². The molecule has 1 aromatic carbocycles. The Balaban J connectivity index is 1.61. The van der Waals surface area contributed by atoms with E-state index in [1.807, 2.05) is 18.3 Å². The summed E-state index contributed by atoms with van der Waals surface area (Å²) in [5, 5.41) is 0. The summed E-state index contributed by atoms with van der Waals surface area (Å²) in [4.78, 5) is 6.55. The van der Waals surface area contributed by atoms with E-state index in [0.717, 1.165) is 31.9 Å². The zero-order valence-electron chi connectivity index (χ0n) is 15.9. The molecule has 2 heterocycles. The Bertz CT molecular complexity index is 701. The second kappa shape index (κ2) is 8.87. The fourth-order valence-electron chi connectivity index (χ4n) is 3.69. The van der Waals surface area contributed by atoms with Crippen molar-refractivity contribution in [3.8, 4) is 17.2 Å². The maximum absolute atomic E-state index is 5.62. The van der Waals surface area contributed by atoms with E-state index in [1.54, 1.807) is 31.1 Å². The minimum Gasteiger partial charge on any atom is -0.493 e. The molecule has 26 heavy (non-hydrogen) atoms. The number of hydrogen-bond donors (Lipinski definition) is 2. The Morgan fingerprint density at radius 2 is 1.50 bits per heavy atom. The number of aromatic amines is 1. The molecule has 0 saturated carbocycles. The first kappa shape index (κ1) is 18.5. The van der Waals surface area contributed by atoms with E-state index >= 15 is 0 Å². The van der Waals surface area contributed by atoms with E-state index in [0.29, 0.717) is 11.5 Å². The minimum absolute atomic E-state index is 0.677. The number of pyridine rings is 1. The van der Waals surface area contributed by atoms with Crippen LogP contribution in [0.2, 0.25) is 0 Å². The molecule has 0 atom stereocenters. The van der Waals surface area contributed by atoms with E-state index in [-0.39, 0.29) is 0 Å². The van der Waals surface area contributed by atoms with E-state index in [2.05, 4.69) is 23.2 Å². The van der Waals surface area contributed by atoms with Gasteiger partial charge in [-0.3, -0.25) is 0 Å². The first-order valence-electron chi connectivity index (χ1n) is 9.15. The van der Waals surface area contributed by atoms with Crippen LogP contribution in [0.15, 0.2) is 36.5 Å². The SMILES string of the molecule is COc1ccc(C[NH+]2CC[NH+](Cc3cccc[nH+]3)CC2)c(OC)c1OC. The summed E-state index contributed by atoms with van der Waals surface area (Å²) >= 11 is 0. The summed E-state index contributed by atoms with van der Waals surface area (Å²) in [7, 11) is 4.99. The number of aromatic nitrogens is 1. The van der Waals surface area contributed by atoms with Crippen LogP contribution < -0.4 is 29.0 Å². The fourth-order valence-corrected chi connectivity index (χ4v) is 3.69. The molecule has 3 N–H and O–H groups in total. The summed E-state index contributed by atoms with van der Waals surface area (Å²) in [6.07, 6.45) is 2.00. The molecule has 1 saturated heterocycles. The van der Waals surface area contributed by atoms with Crippen LogP contribution in [0.3, 0.4) is 0 Å². The summed E-state index contributed by atoms with van der Waals surface area (Å²) in [5.41, 5.74) is 2.47. The van der Waals surface area contributed by atoms with Gasteiger partial charge >= 0.3 is 0 Å². The average Bonchev–Trinajstić information content (AvgIpc) is 2.69. The molecule has 6 nitrogen and oxygen atoms in total. The minimum atomic E-state index is 0.677. The van der Waals surface area contributed by atoms with Crippen LogP contribution in [0.5, 0.6) is 17.2 Å². The van der Waals surface area contributed by atoms with E-state index < -0.39 is 0 Å². The molecule has 0 aliphatic carbocycles. The largest absolute Gasteiger partial charge is 0.493 e. The fraction of sp³-hybridized carbons (Fsp3) is 0.450. The Labute approximate surface area is 155 Å². The molecule has 3 rings (SSSR count). The van der Waals surface area contributed by atoms with Crippen molar-refractivity contribution in [1.82, 2.24) is 0 Å². The van der Waals surface area contributed by atoms with Gasteiger partial charge in [-0.15, -0.1) is 0 Å². The van der Waals surface area contributed by atoms with Crippen LogP contribution >= 0.6 is 0 Å². The molecule has 0 bridgehead atoms. The van der Waals surface area contributed by atoms with Gasteiger partial charge in [-0.1, -0.05) is 0 Å². The van der Waals surface area contributed by atoms with Gasteiger partial charge in [0.2, 0.25) is 11.4 Å². The zero-order chi connectivity index (χ0) is 18.4. The molecule has 6 heteroatoms. The standard InChI is InChI=1S/C20H27N3O3/c1-24-18-8-7-16(19(25-2)20(18)26-3)14-22-10-12-23(13-11-22)15-17-6-4-5-9-21-17/h4-9H,10-15H2,1-3H3/p+3. The van der Waals surface area contributed by atoms with Crippen molar-refractivity contribution < 1.29 is 29.0 Å². The third-order valence-electron chi connectivity index (χ3n) is 5.10. The highest BCUT2D eigenvalue weighted by molar-refractivity contribution is 5.55. The van der Waals surface area contributed by atoms with Crippen molar-refractivity contribution in [2.24, 2.45) is 0 Å². The second-order valence-corrected chi connectivity index (χ2v) is 6.73. The number of hydrogen-bond acceptors (Lipinski definition) is 3. The molecule has 1 aliphatic rings. The van der Waals surface area contributed by atoms with E-state index in [4.69, 9.17) is 14.2 Å². The van der Waals surface area contributed by atoms with E-state index in [9.17, 15) is 0 Å². The first-order chi connectivity index (χ1) is 12.7. The molecular weight excluding hydrogens is 330 g/mol. The van der Waals surface area contributed by atoms with Gasteiger partial charge in [0.25, 0.3) is 0 Å². The maximum atomic E-state index is 5.62. The molecule has 0 amide bonds. The van der Waals surface area contributed by atoms with Gasteiger partial charge in [0.1, 0.15) is 32.7 Å². The predicted molar refractivity (Wildman–Crippen MR) is 97.9 cm³/mol. The molecule has 0 radical (unpaired) electrons. The first-order valence-corrected chi connectivity index (χ1v) is 9.15. The van der Waals surface area contributed by atoms with Crippen LogP contribution in [0, 0.1) is 0 Å². The molecule has 2 aromatic rings. The zero-order valence-corrected chi connectivity index (χ0v) is 15.9. The van der Waals surface area contributed by atoms with Gasteiger partial charge in [0.05, 0.1) is 26.9 Å². The lowest BCUT2D eigenvalue weighted by molar-refractivity contribution is -1.03. The van der Waals surface area contributed by atoms with Crippen LogP contribution in [0.4, 0.5) is 0 Å². The van der Waals surface area contributed by atoms with Gasteiger partial charge in [0, 0.05) is 12.1 Å². The molecular formula is C20H30N3O3+3. The Morgan fingerprint density at radius 3 is 2.08 bits per heavy atom. The number of quaternary nitrogens is 2. The number of methoxy groups -OCH3 is 3. The van der Waals surface area contributed by atoms with Crippen LogP contribution in [-0.4, -0.2) is 47.5 Å². The maximum Gasteiger partial charge on any atom is 0.234 e. The smallest absolute Gasteiger partial charge is 0.234 e. The van der Waals surface area contributed by atoms with Crippen molar-refractivity contribution in [1.29, 1.82) is 0 Å². The topological polar surface area (TPSA) is 50.7 Å². The molecule has 1 aliphatic heterocycles. The lowest BCUT2D eigenvalue weighted by atomic mass is 10.1. The highest BCUT2D eigenvalue weighted by Gasteiger charge is 2.26. The number of ether oxygens (including phenoxy) is 3. The van der Waals surface area contributed by atoms with Crippen LogP contribution in [0.25, 0.3) is 0 Å². The quantitative estimate of drug-likeness (QED) is 0.667. The number of rotatable bonds is 7. The van der Waals surface area contributed by atoms with E-state index in [1.165, 1.54) is 24.3 Å². The Hall–Kier alpha value is -2.31. The lowest BCUT2D eigenvalue weighted by Crippen LogP contribution is -3.27. The Kier molecular flexibility index (Phi) is 6.30. The third-order valence-corrected chi connectivity index (χ3v) is 5.10. The van der Waals surface area contributed by atoms with Crippen molar-refractivity contribution in [2.75, 3.05) is 47.5 Å². The predicted octanol–water partition coefficient (Wildman–Crippen LogP) is -0.990. The second-order valence-electron chi connectivity index (χ2n) is 6.73. The molecule has 140 valence electrons. The van der Waals surface area contributed by atoms with Crippen molar-refractivity contribution >= 4 is 0 Å². The van der Waals surface area contributed by atoms with Crippen molar-refractivity contribution in [3.63, 3.8) is 0 Å². The van der Waals surface area contributed by atoms with Gasteiger partial charge in [0.15, 0.2) is 24.2 Å². The third kappa shape index (κ3) is 4.26. The normalized spacial score (nSPS) is 19.8. The number of H-pyrrole nitrogens is 1. The number of benzene rings is 1. The number of nitrogens with one attached hydrogen (secondary N) is 3. The molecule has 1 fully saturated rings. The van der Waals surface area contributed by atoms with Crippen LogP contribution in [0.1, 0.15) is 11.3 Å². The van der Waals surface area contributed by atoms with Gasteiger partial charge in [-0.05, 0) is 18.2 Å². The molecule has 0 spiro atoms. The monoisotopic (exact) mass is 360 g/mol. The van der Waals surface area contributed by atoms with Crippen molar-refractivity contribution in [2.45, 2.75) is 13.1 Å². The van der Waals surface area contributed by atoms with Crippen molar-refractivity contribution in [3.05, 3.63) is 47.8 Å². The Morgan fingerprint density at radius 1 is 0.808 bits per heavy atom. The molecule has 1 aromatic heterocycles. The summed E-state index contributed by atoms with van der Waals surface area (Å²) in [5.74, 6) is 2.17. The van der Waals surface area contributed by atoms with Gasteiger partial charge in [-0.2, -0.15) is 0 Å². The number of piperazine rings is 1. The summed E-state index contributed by atoms with van der Waals surface area (Å²) in [6.45, 7) is 6.66. The van der Waals surface area contributed by atoms with Gasteiger partial charge < -0.3 is 24.0 Å². The average molecular weight is 360 g/mol. The summed E-state index contributed by atoms with van der Waals surface area (Å²) < 4.78 is 16.5. The highest BCUT2D eigenvalue weighted by Crippen LogP contribution is 2.39. The summed E-state index contributed by atoms with van der Waals surface area (Å²) in [6, 6.07) is 10.3. The lowest BCUT2D eigenvalue weighted by Gasteiger charge is -2.29.